The van der Waals surface area contributed by atoms with Crippen LogP contribution in [0.25, 0.3) is 0 Å². The number of methoxy groups -OCH3 is 1. The highest BCUT2D eigenvalue weighted by atomic mass is 16.5. The predicted octanol–water partition coefficient (Wildman–Crippen LogP) is 5.91. The third-order valence-electron chi connectivity index (χ3n) is 6.96. The van der Waals surface area contributed by atoms with Gasteiger partial charge in [0.1, 0.15) is 5.75 Å². The van der Waals surface area contributed by atoms with E-state index >= 15 is 0 Å². The van der Waals surface area contributed by atoms with Crippen molar-refractivity contribution in [3.63, 3.8) is 0 Å². The number of amides is 1. The molecule has 2 atom stereocenters. The van der Waals surface area contributed by atoms with Gasteiger partial charge in [0.05, 0.1) is 13.2 Å². The molecular formula is C28H39NO3. The first-order chi connectivity index (χ1) is 15.4. The SMILES string of the molecule is CCC(=O)N(CC[C@]1(c2ccc(C)cc2)CCO[C@@H](C(C)C)C1)Cc1ccc(OC)cc1. The lowest BCUT2D eigenvalue weighted by Crippen LogP contribution is -2.43. The maximum absolute atomic E-state index is 12.8. The Bertz CT molecular complexity index is 859. The molecule has 0 bridgehead atoms. The number of hydrogen-bond acceptors (Lipinski definition) is 3. The van der Waals surface area contributed by atoms with Crippen LogP contribution in [0.3, 0.4) is 0 Å². The zero-order chi connectivity index (χ0) is 23.1. The van der Waals surface area contributed by atoms with Crippen LogP contribution in [0.15, 0.2) is 48.5 Å². The second-order valence-electron chi connectivity index (χ2n) is 9.52. The summed E-state index contributed by atoms with van der Waals surface area (Å²) in [5.41, 5.74) is 3.82. The molecule has 0 aromatic heterocycles. The lowest BCUT2D eigenvalue weighted by atomic mass is 9.68. The van der Waals surface area contributed by atoms with Crippen molar-refractivity contribution in [3.05, 3.63) is 65.2 Å². The van der Waals surface area contributed by atoms with E-state index in [2.05, 4.69) is 45.0 Å². The molecule has 0 N–H and O–H groups in total. The van der Waals surface area contributed by atoms with E-state index in [4.69, 9.17) is 9.47 Å². The zero-order valence-corrected chi connectivity index (χ0v) is 20.4. The van der Waals surface area contributed by atoms with Crippen molar-refractivity contribution in [1.82, 2.24) is 4.90 Å². The van der Waals surface area contributed by atoms with Gasteiger partial charge in [-0.25, -0.2) is 0 Å². The highest BCUT2D eigenvalue weighted by molar-refractivity contribution is 5.75. The van der Waals surface area contributed by atoms with E-state index in [1.165, 1.54) is 11.1 Å². The van der Waals surface area contributed by atoms with Crippen LogP contribution in [-0.4, -0.2) is 37.2 Å². The molecule has 4 heteroatoms. The molecule has 1 fully saturated rings. The van der Waals surface area contributed by atoms with Crippen LogP contribution in [0.1, 0.15) is 63.1 Å². The standard InChI is InChI=1S/C28H39NO3/c1-6-27(30)29(20-23-9-13-25(31-5)14-10-23)17-15-28(24-11-7-22(4)8-12-24)16-18-32-26(19-28)21(2)3/h7-14,21,26H,6,15-20H2,1-5H3/t26-,28+/m1/s1. The van der Waals surface area contributed by atoms with Crippen LogP contribution >= 0.6 is 0 Å². The minimum Gasteiger partial charge on any atom is -0.497 e. The topological polar surface area (TPSA) is 38.8 Å². The Labute approximate surface area is 193 Å². The maximum Gasteiger partial charge on any atom is 0.222 e. The fourth-order valence-electron chi connectivity index (χ4n) is 4.74. The van der Waals surface area contributed by atoms with Crippen LogP contribution in [0, 0.1) is 12.8 Å². The number of carbonyl (C=O) groups is 1. The molecule has 1 saturated heterocycles. The van der Waals surface area contributed by atoms with Crippen molar-refractivity contribution >= 4 is 5.91 Å². The van der Waals surface area contributed by atoms with Gasteiger partial charge in [0.2, 0.25) is 5.91 Å². The first kappa shape index (κ1) is 24.3. The lowest BCUT2D eigenvalue weighted by Gasteiger charge is -2.44. The number of nitrogens with zero attached hydrogens (tertiary/aromatic N) is 1. The quantitative estimate of drug-likeness (QED) is 0.490. The number of ether oxygens (including phenoxy) is 2. The van der Waals surface area contributed by atoms with Gasteiger partial charge in [-0.1, -0.05) is 62.7 Å². The zero-order valence-electron chi connectivity index (χ0n) is 20.4. The van der Waals surface area contributed by atoms with Crippen LogP contribution in [-0.2, 0) is 21.5 Å². The molecule has 2 aromatic carbocycles. The number of benzene rings is 2. The molecule has 2 aromatic rings. The Kier molecular flexibility index (Phi) is 8.36. The van der Waals surface area contributed by atoms with Crippen LogP contribution < -0.4 is 4.74 Å². The van der Waals surface area contributed by atoms with E-state index in [1.54, 1.807) is 7.11 Å². The summed E-state index contributed by atoms with van der Waals surface area (Å²) in [6, 6.07) is 17.0. The molecule has 0 aliphatic carbocycles. The van der Waals surface area contributed by atoms with Gasteiger partial charge in [0.25, 0.3) is 0 Å². The fraction of sp³-hybridized carbons (Fsp3) is 0.536. The van der Waals surface area contributed by atoms with Gasteiger partial charge in [-0.3, -0.25) is 4.79 Å². The second-order valence-corrected chi connectivity index (χ2v) is 9.52. The minimum absolute atomic E-state index is 0.0348. The Balaban J connectivity index is 1.82. The summed E-state index contributed by atoms with van der Waals surface area (Å²) in [6.07, 6.45) is 3.72. The molecule has 0 unspecified atom stereocenters. The Hall–Kier alpha value is -2.33. The van der Waals surface area contributed by atoms with Crippen LogP contribution in [0.5, 0.6) is 5.75 Å². The molecule has 0 radical (unpaired) electrons. The van der Waals surface area contributed by atoms with Gasteiger partial charge in [0.15, 0.2) is 0 Å². The van der Waals surface area contributed by atoms with E-state index in [0.29, 0.717) is 18.9 Å². The Morgan fingerprint density at radius 1 is 1.16 bits per heavy atom. The van der Waals surface area contributed by atoms with Gasteiger partial charge in [-0.05, 0) is 55.4 Å². The molecule has 0 saturated carbocycles. The lowest BCUT2D eigenvalue weighted by molar-refractivity contribution is -0.132. The molecule has 32 heavy (non-hydrogen) atoms. The van der Waals surface area contributed by atoms with Crippen molar-refractivity contribution in [2.45, 2.75) is 71.4 Å². The molecule has 3 rings (SSSR count). The molecule has 1 heterocycles. The molecule has 1 aliphatic rings. The van der Waals surface area contributed by atoms with Gasteiger partial charge < -0.3 is 14.4 Å². The van der Waals surface area contributed by atoms with E-state index in [0.717, 1.165) is 43.7 Å². The molecule has 0 spiro atoms. The summed E-state index contributed by atoms with van der Waals surface area (Å²) < 4.78 is 11.4. The summed E-state index contributed by atoms with van der Waals surface area (Å²) in [5.74, 6) is 1.52. The fourth-order valence-corrected chi connectivity index (χ4v) is 4.74. The normalized spacial score (nSPS) is 20.9. The number of hydrogen-bond donors (Lipinski definition) is 0. The molecule has 1 amide bonds. The van der Waals surface area contributed by atoms with Gasteiger partial charge in [-0.2, -0.15) is 0 Å². The largest absolute Gasteiger partial charge is 0.497 e. The Morgan fingerprint density at radius 2 is 1.84 bits per heavy atom. The average Bonchev–Trinajstić information content (AvgIpc) is 2.82. The average molecular weight is 438 g/mol. The van der Waals surface area contributed by atoms with E-state index in [9.17, 15) is 4.79 Å². The highest BCUT2D eigenvalue weighted by Gasteiger charge is 2.39. The molecule has 4 nitrogen and oxygen atoms in total. The van der Waals surface area contributed by atoms with Crippen molar-refractivity contribution in [1.29, 1.82) is 0 Å². The summed E-state index contributed by atoms with van der Waals surface area (Å²) in [6.45, 7) is 10.7. The van der Waals surface area contributed by atoms with Crippen molar-refractivity contribution in [2.75, 3.05) is 20.3 Å². The number of carbonyl (C=O) groups excluding carboxylic acids is 1. The smallest absolute Gasteiger partial charge is 0.222 e. The molecular weight excluding hydrogens is 398 g/mol. The maximum atomic E-state index is 12.8. The monoisotopic (exact) mass is 437 g/mol. The van der Waals surface area contributed by atoms with E-state index in [-0.39, 0.29) is 17.4 Å². The first-order valence-corrected chi connectivity index (χ1v) is 12.0. The summed E-state index contributed by atoms with van der Waals surface area (Å²) in [7, 11) is 1.67. The van der Waals surface area contributed by atoms with Crippen molar-refractivity contribution < 1.29 is 14.3 Å². The van der Waals surface area contributed by atoms with Crippen LogP contribution in [0.2, 0.25) is 0 Å². The second kappa shape index (κ2) is 11.0. The summed E-state index contributed by atoms with van der Waals surface area (Å²) in [5, 5.41) is 0. The number of rotatable bonds is 9. The van der Waals surface area contributed by atoms with Crippen molar-refractivity contribution in [2.24, 2.45) is 5.92 Å². The highest BCUT2D eigenvalue weighted by Crippen LogP contribution is 2.42. The summed E-state index contributed by atoms with van der Waals surface area (Å²) in [4.78, 5) is 14.9. The third-order valence-corrected chi connectivity index (χ3v) is 6.96. The van der Waals surface area contributed by atoms with Gasteiger partial charge in [0, 0.05) is 31.5 Å². The number of aryl methyl sites for hydroxylation is 1. The molecule has 1 aliphatic heterocycles. The minimum atomic E-state index is 0.0348. The van der Waals surface area contributed by atoms with Gasteiger partial charge in [-0.15, -0.1) is 0 Å². The Morgan fingerprint density at radius 3 is 2.44 bits per heavy atom. The first-order valence-electron chi connectivity index (χ1n) is 12.0. The van der Waals surface area contributed by atoms with E-state index < -0.39 is 0 Å². The molecule has 174 valence electrons. The third kappa shape index (κ3) is 5.92. The van der Waals surface area contributed by atoms with Crippen molar-refractivity contribution in [3.8, 4) is 5.75 Å². The van der Waals surface area contributed by atoms with Gasteiger partial charge >= 0.3 is 0 Å². The van der Waals surface area contributed by atoms with E-state index in [1.807, 2.05) is 36.1 Å². The van der Waals surface area contributed by atoms with Crippen LogP contribution in [0.4, 0.5) is 0 Å². The predicted molar refractivity (Wildman–Crippen MR) is 130 cm³/mol. The summed E-state index contributed by atoms with van der Waals surface area (Å²) >= 11 is 0.